The Morgan fingerprint density at radius 2 is 1.88 bits per heavy atom. The molecule has 0 aliphatic rings. The average Bonchev–Trinajstić information content (AvgIpc) is 2.14. The normalized spacial score (nSPS) is 12.2. The van der Waals surface area contributed by atoms with Gasteiger partial charge in [-0.25, -0.2) is 8.42 Å². The van der Waals surface area contributed by atoms with Gasteiger partial charge in [0.05, 0.1) is 0 Å². The second-order valence-electron chi connectivity index (χ2n) is 2.81. The summed E-state index contributed by atoms with van der Waals surface area (Å²) in [6.45, 7) is 0. The molecule has 0 heterocycles. The average molecular weight is 289 g/mol. The Morgan fingerprint density at radius 3 is 2.29 bits per heavy atom. The van der Waals surface area contributed by atoms with Crippen molar-refractivity contribution in [2.75, 3.05) is 0 Å². The van der Waals surface area contributed by atoms with Crippen LogP contribution >= 0.6 is 10.7 Å². The van der Waals surface area contributed by atoms with Crippen molar-refractivity contribution in [1.29, 1.82) is 0 Å². The molecular weight excluding hydrogens is 285 g/mol. The zero-order valence-electron chi connectivity index (χ0n) is 7.86. The van der Waals surface area contributed by atoms with Crippen LogP contribution in [0.2, 0.25) is 0 Å². The van der Waals surface area contributed by atoms with E-state index in [0.29, 0.717) is 12.1 Å². The number of alkyl halides is 3. The number of hydrogen-bond donors (Lipinski definition) is 0. The number of carbonyl (C=O) groups excluding carboxylic acids is 1. The zero-order valence-corrected chi connectivity index (χ0v) is 9.43. The molecular formula is C8H4ClF3O4S. The van der Waals surface area contributed by atoms with Crippen LogP contribution in [0.25, 0.3) is 0 Å². The fraction of sp³-hybridized carbons (Fsp3) is 0.125. The van der Waals surface area contributed by atoms with E-state index in [9.17, 15) is 26.4 Å². The molecule has 0 aliphatic carbocycles. The minimum Gasteiger partial charge on any atom is -0.404 e. The molecule has 0 unspecified atom stereocenters. The van der Waals surface area contributed by atoms with Crippen LogP contribution in [0.5, 0.6) is 5.75 Å². The summed E-state index contributed by atoms with van der Waals surface area (Å²) in [7, 11) is 0.480. The lowest BCUT2D eigenvalue weighted by Crippen LogP contribution is -2.18. The van der Waals surface area contributed by atoms with Gasteiger partial charge in [-0.15, -0.1) is 13.2 Å². The molecule has 1 aromatic carbocycles. The van der Waals surface area contributed by atoms with Crippen molar-refractivity contribution in [3.8, 4) is 5.75 Å². The number of carbonyl (C=O) groups is 1. The molecule has 94 valence electrons. The lowest BCUT2D eigenvalue weighted by Gasteiger charge is -2.11. The molecule has 0 aromatic heterocycles. The Bertz CT molecular complexity index is 538. The molecule has 0 spiro atoms. The van der Waals surface area contributed by atoms with Crippen molar-refractivity contribution in [2.24, 2.45) is 0 Å². The summed E-state index contributed by atoms with van der Waals surface area (Å²) < 4.78 is 61.4. The summed E-state index contributed by atoms with van der Waals surface area (Å²) in [5.74, 6) is -0.988. The van der Waals surface area contributed by atoms with Crippen molar-refractivity contribution in [3.05, 3.63) is 23.8 Å². The van der Waals surface area contributed by atoms with Gasteiger partial charge in [-0.2, -0.15) is 0 Å². The highest BCUT2D eigenvalue weighted by atomic mass is 35.7. The molecule has 17 heavy (non-hydrogen) atoms. The van der Waals surface area contributed by atoms with Gasteiger partial charge in [-0.3, -0.25) is 4.79 Å². The monoisotopic (exact) mass is 288 g/mol. The Kier molecular flexibility index (Phi) is 3.68. The van der Waals surface area contributed by atoms with Gasteiger partial charge in [0, 0.05) is 16.2 Å². The molecule has 0 bridgehead atoms. The highest BCUT2D eigenvalue weighted by Crippen LogP contribution is 2.32. The van der Waals surface area contributed by atoms with Gasteiger partial charge in [-0.05, 0) is 18.2 Å². The second kappa shape index (κ2) is 4.53. The smallest absolute Gasteiger partial charge is 0.404 e. The van der Waals surface area contributed by atoms with E-state index in [1.165, 1.54) is 0 Å². The third-order valence-electron chi connectivity index (χ3n) is 1.59. The third-order valence-corrected chi connectivity index (χ3v) is 2.94. The van der Waals surface area contributed by atoms with Crippen LogP contribution in [0, 0.1) is 0 Å². The van der Waals surface area contributed by atoms with Crippen LogP contribution in [0.1, 0.15) is 10.4 Å². The van der Waals surface area contributed by atoms with Crippen molar-refractivity contribution < 1.29 is 31.1 Å². The summed E-state index contributed by atoms with van der Waals surface area (Å²) in [4.78, 5) is 9.47. The molecule has 0 fully saturated rings. The standard InChI is InChI=1S/C8H4ClF3O4S/c9-17(14,15)7-3-5(4-13)1-2-6(7)16-8(10,11)12/h1-4H. The van der Waals surface area contributed by atoms with Gasteiger partial charge in [0.25, 0.3) is 9.05 Å². The second-order valence-corrected chi connectivity index (χ2v) is 5.34. The van der Waals surface area contributed by atoms with E-state index in [4.69, 9.17) is 10.7 Å². The maximum absolute atomic E-state index is 12.0. The predicted molar refractivity (Wildman–Crippen MR) is 51.6 cm³/mol. The van der Waals surface area contributed by atoms with E-state index in [1.54, 1.807) is 0 Å². The molecule has 9 heteroatoms. The zero-order chi connectivity index (χ0) is 13.3. The quantitative estimate of drug-likeness (QED) is 0.632. The summed E-state index contributed by atoms with van der Waals surface area (Å²) in [6, 6.07) is 2.36. The molecule has 0 atom stereocenters. The van der Waals surface area contributed by atoms with E-state index in [-0.39, 0.29) is 11.8 Å². The van der Waals surface area contributed by atoms with Gasteiger partial charge >= 0.3 is 6.36 Å². The largest absolute Gasteiger partial charge is 0.573 e. The van der Waals surface area contributed by atoms with E-state index in [2.05, 4.69) is 4.74 Å². The van der Waals surface area contributed by atoms with Crippen LogP contribution in [-0.4, -0.2) is 21.1 Å². The minimum atomic E-state index is -5.06. The fourth-order valence-corrected chi connectivity index (χ4v) is 1.99. The molecule has 4 nitrogen and oxygen atoms in total. The third kappa shape index (κ3) is 3.90. The maximum Gasteiger partial charge on any atom is 0.573 e. The Morgan fingerprint density at radius 1 is 1.29 bits per heavy atom. The van der Waals surface area contributed by atoms with Gasteiger partial charge in [0.15, 0.2) is 0 Å². The highest BCUT2D eigenvalue weighted by molar-refractivity contribution is 8.13. The van der Waals surface area contributed by atoms with E-state index in [0.717, 1.165) is 6.07 Å². The number of ether oxygens (including phenoxy) is 1. The number of halogens is 4. The first-order valence-corrected chi connectivity index (χ1v) is 6.24. The number of aldehydes is 1. The number of rotatable bonds is 3. The van der Waals surface area contributed by atoms with E-state index < -0.39 is 26.1 Å². The fourth-order valence-electron chi connectivity index (χ4n) is 0.998. The molecule has 0 saturated carbocycles. The first-order valence-electron chi connectivity index (χ1n) is 3.93. The van der Waals surface area contributed by atoms with Gasteiger partial charge in [-0.1, -0.05) is 0 Å². The van der Waals surface area contributed by atoms with E-state index >= 15 is 0 Å². The molecule has 0 radical (unpaired) electrons. The molecule has 1 rings (SSSR count). The molecule has 1 aromatic rings. The van der Waals surface area contributed by atoms with E-state index in [1.807, 2.05) is 0 Å². The predicted octanol–water partition coefficient (Wildman–Crippen LogP) is 2.33. The topological polar surface area (TPSA) is 60.4 Å². The van der Waals surface area contributed by atoms with Crippen molar-refractivity contribution in [2.45, 2.75) is 11.3 Å². The molecule has 0 N–H and O–H groups in total. The Hall–Kier alpha value is -1.28. The van der Waals surface area contributed by atoms with Crippen molar-refractivity contribution >= 4 is 26.0 Å². The van der Waals surface area contributed by atoms with Crippen molar-refractivity contribution in [1.82, 2.24) is 0 Å². The van der Waals surface area contributed by atoms with Crippen LogP contribution in [0.15, 0.2) is 23.1 Å². The van der Waals surface area contributed by atoms with Crippen molar-refractivity contribution in [3.63, 3.8) is 0 Å². The molecule has 0 amide bonds. The van der Waals surface area contributed by atoms with Crippen LogP contribution in [0.3, 0.4) is 0 Å². The lowest BCUT2D eigenvalue weighted by molar-refractivity contribution is -0.275. The summed E-state index contributed by atoms with van der Waals surface area (Å²) in [6.07, 6.45) is -4.79. The molecule has 0 aliphatic heterocycles. The lowest BCUT2D eigenvalue weighted by atomic mass is 10.2. The molecule has 0 saturated heterocycles. The number of hydrogen-bond acceptors (Lipinski definition) is 4. The Balaban J connectivity index is 3.36. The number of benzene rings is 1. The maximum atomic E-state index is 12.0. The first-order chi connectivity index (χ1) is 7.63. The SMILES string of the molecule is O=Cc1ccc(OC(F)(F)F)c(S(=O)(=O)Cl)c1. The van der Waals surface area contributed by atoms with Gasteiger partial charge < -0.3 is 4.74 Å². The van der Waals surface area contributed by atoms with Crippen LogP contribution < -0.4 is 4.74 Å². The summed E-state index contributed by atoms with van der Waals surface area (Å²) >= 11 is 0. The highest BCUT2D eigenvalue weighted by Gasteiger charge is 2.33. The van der Waals surface area contributed by atoms with Crippen LogP contribution in [0.4, 0.5) is 13.2 Å². The summed E-state index contributed by atoms with van der Waals surface area (Å²) in [5, 5.41) is 0. The van der Waals surface area contributed by atoms with Crippen LogP contribution in [-0.2, 0) is 9.05 Å². The Labute approximate surface area is 98.4 Å². The minimum absolute atomic E-state index is 0.140. The summed E-state index contributed by atoms with van der Waals surface area (Å²) in [5.41, 5.74) is -0.140. The van der Waals surface area contributed by atoms with Gasteiger partial charge in [0.1, 0.15) is 16.9 Å². The van der Waals surface area contributed by atoms with Gasteiger partial charge in [0.2, 0.25) is 0 Å². The first kappa shape index (κ1) is 13.8.